The summed E-state index contributed by atoms with van der Waals surface area (Å²) in [6.07, 6.45) is 0. The van der Waals surface area contributed by atoms with Gasteiger partial charge in [-0.3, -0.25) is 0 Å². The first-order valence-corrected chi connectivity index (χ1v) is 4.97. The molecule has 0 N–H and O–H groups in total. The molecule has 0 fully saturated rings. The van der Waals surface area contributed by atoms with Gasteiger partial charge in [0.1, 0.15) is 5.75 Å². The first-order chi connectivity index (χ1) is 4.92. The van der Waals surface area contributed by atoms with Crippen molar-refractivity contribution in [3.8, 4) is 0 Å². The van der Waals surface area contributed by atoms with Crippen LogP contribution in [-0.4, -0.2) is 27.4 Å². The highest BCUT2D eigenvalue weighted by Crippen LogP contribution is 1.94. The Labute approximate surface area is 66.8 Å². The molecule has 0 aliphatic carbocycles. The molecular weight excluding hydrogens is 171 g/mol. The zero-order valence-electron chi connectivity index (χ0n) is 6.71. The van der Waals surface area contributed by atoms with Crippen LogP contribution in [0.3, 0.4) is 0 Å². The monoisotopic (exact) mass is 184 g/mol. The predicted molar refractivity (Wildman–Crippen MR) is 40.6 cm³/mol. The van der Waals surface area contributed by atoms with Crippen molar-refractivity contribution in [3.63, 3.8) is 0 Å². The Morgan fingerprint density at radius 1 is 1.45 bits per heavy atom. The van der Waals surface area contributed by atoms with E-state index in [-0.39, 0.29) is 6.61 Å². The van der Waals surface area contributed by atoms with E-state index in [1.807, 2.05) is 13.8 Å². The smallest absolute Gasteiger partial charge is 0.304 e. The van der Waals surface area contributed by atoms with Gasteiger partial charge in [0.2, 0.25) is 0 Å². The first kappa shape index (κ1) is 10.8. The van der Waals surface area contributed by atoms with Gasteiger partial charge in [0.05, 0.1) is 6.61 Å². The van der Waals surface area contributed by atoms with Gasteiger partial charge in [0.15, 0.2) is 0 Å². The van der Waals surface area contributed by atoms with Crippen LogP contribution >= 0.6 is 0 Å². The van der Waals surface area contributed by atoms with Crippen molar-refractivity contribution >= 4 is 10.2 Å². The highest BCUT2D eigenvalue weighted by molar-refractivity contribution is 7.86. The molecule has 0 radical (unpaired) electrons. The molecule has 0 atom stereocenters. The van der Waals surface area contributed by atoms with Crippen molar-refractivity contribution in [1.82, 2.24) is 0 Å². The fraction of sp³-hybridized carbons (Fsp3) is 1.00. The quantitative estimate of drug-likeness (QED) is 0.472. The van der Waals surface area contributed by atoms with Crippen LogP contribution in [0.25, 0.3) is 0 Å². The molecule has 11 heavy (non-hydrogen) atoms. The van der Waals surface area contributed by atoms with Gasteiger partial charge in [-0.1, -0.05) is 13.8 Å². The second kappa shape index (κ2) is 4.66. The number of halogens is 1. The molecule has 68 valence electrons. The molecular formula is C6H13FO3S. The van der Waals surface area contributed by atoms with Gasteiger partial charge in [-0.05, 0) is 5.92 Å². The lowest BCUT2D eigenvalue weighted by molar-refractivity contribution is 0.122. The van der Waals surface area contributed by atoms with Crippen molar-refractivity contribution in [2.75, 3.05) is 19.0 Å². The van der Waals surface area contributed by atoms with Crippen molar-refractivity contribution in [3.05, 3.63) is 0 Å². The molecule has 0 amide bonds. The van der Waals surface area contributed by atoms with Crippen LogP contribution in [0.5, 0.6) is 0 Å². The van der Waals surface area contributed by atoms with E-state index in [0.29, 0.717) is 12.5 Å². The Kier molecular flexibility index (Phi) is 4.60. The minimum Gasteiger partial charge on any atom is -0.380 e. The molecule has 0 spiro atoms. The molecule has 0 aliphatic rings. The highest BCUT2D eigenvalue weighted by atomic mass is 32.3. The predicted octanol–water partition coefficient (Wildman–Crippen LogP) is 0.958. The SMILES string of the molecule is CC(C)COCCS(=O)(=O)F. The van der Waals surface area contributed by atoms with Crippen LogP contribution in [0.2, 0.25) is 0 Å². The zero-order chi connectivity index (χ0) is 8.91. The van der Waals surface area contributed by atoms with Crippen LogP contribution in [0.4, 0.5) is 3.89 Å². The van der Waals surface area contributed by atoms with Gasteiger partial charge in [0, 0.05) is 6.61 Å². The Hall–Kier alpha value is -0.160. The third-order valence-corrected chi connectivity index (χ3v) is 1.58. The van der Waals surface area contributed by atoms with E-state index in [1.54, 1.807) is 0 Å². The molecule has 0 aromatic rings. The normalized spacial score (nSPS) is 12.4. The summed E-state index contributed by atoms with van der Waals surface area (Å²) in [7, 11) is -4.35. The van der Waals surface area contributed by atoms with Gasteiger partial charge >= 0.3 is 10.2 Å². The van der Waals surface area contributed by atoms with Crippen LogP contribution in [-0.2, 0) is 15.0 Å². The van der Waals surface area contributed by atoms with Crippen LogP contribution in [0, 0.1) is 5.92 Å². The minimum absolute atomic E-state index is 0.0585. The summed E-state index contributed by atoms with van der Waals surface area (Å²) in [6.45, 7) is 4.28. The Balaban J connectivity index is 3.30. The first-order valence-electron chi connectivity index (χ1n) is 3.42. The molecule has 0 rings (SSSR count). The third-order valence-electron chi connectivity index (χ3n) is 0.923. The van der Waals surface area contributed by atoms with Gasteiger partial charge in [-0.15, -0.1) is 3.89 Å². The van der Waals surface area contributed by atoms with E-state index in [2.05, 4.69) is 0 Å². The zero-order valence-corrected chi connectivity index (χ0v) is 7.53. The number of ether oxygens (including phenoxy) is 1. The number of hydrogen-bond donors (Lipinski definition) is 0. The van der Waals surface area contributed by atoms with Crippen LogP contribution in [0.15, 0.2) is 0 Å². The molecule has 0 unspecified atom stereocenters. The van der Waals surface area contributed by atoms with E-state index in [4.69, 9.17) is 4.74 Å². The lowest BCUT2D eigenvalue weighted by Gasteiger charge is -2.03. The highest BCUT2D eigenvalue weighted by Gasteiger charge is 2.06. The average molecular weight is 184 g/mol. The van der Waals surface area contributed by atoms with Crippen molar-refractivity contribution in [2.45, 2.75) is 13.8 Å². The maximum atomic E-state index is 11.8. The molecule has 5 heteroatoms. The topological polar surface area (TPSA) is 43.4 Å². The Bertz CT molecular complexity index is 186. The summed E-state index contributed by atoms with van der Waals surface area (Å²) >= 11 is 0. The molecule has 0 aliphatic heterocycles. The van der Waals surface area contributed by atoms with Crippen molar-refractivity contribution in [1.29, 1.82) is 0 Å². The maximum Gasteiger partial charge on any atom is 0.304 e. The van der Waals surface area contributed by atoms with Gasteiger partial charge in [-0.2, -0.15) is 8.42 Å². The lowest BCUT2D eigenvalue weighted by atomic mass is 10.2. The van der Waals surface area contributed by atoms with Gasteiger partial charge in [0.25, 0.3) is 0 Å². The standard InChI is InChI=1S/C6H13FO3S/c1-6(2)5-10-3-4-11(7,8)9/h6H,3-5H2,1-2H3. The molecule has 0 aromatic carbocycles. The maximum absolute atomic E-state index is 11.8. The Morgan fingerprint density at radius 2 is 2.00 bits per heavy atom. The second-order valence-electron chi connectivity index (χ2n) is 2.71. The van der Waals surface area contributed by atoms with Crippen LogP contribution in [0.1, 0.15) is 13.8 Å². The fourth-order valence-corrected chi connectivity index (χ4v) is 0.794. The molecule has 0 heterocycles. The van der Waals surface area contributed by atoms with Crippen molar-refractivity contribution in [2.24, 2.45) is 5.92 Å². The molecule has 0 saturated carbocycles. The molecule has 0 saturated heterocycles. The average Bonchev–Trinajstić information content (AvgIpc) is 1.78. The van der Waals surface area contributed by atoms with Crippen LogP contribution < -0.4 is 0 Å². The largest absolute Gasteiger partial charge is 0.380 e. The van der Waals surface area contributed by atoms with Crippen molar-refractivity contribution < 1.29 is 17.0 Å². The summed E-state index contributed by atoms with van der Waals surface area (Å²) < 4.78 is 36.5. The lowest BCUT2D eigenvalue weighted by Crippen LogP contribution is -2.10. The minimum atomic E-state index is -4.35. The van der Waals surface area contributed by atoms with E-state index < -0.39 is 16.0 Å². The van der Waals surface area contributed by atoms with E-state index in [0.717, 1.165) is 0 Å². The molecule has 3 nitrogen and oxygen atoms in total. The summed E-state index contributed by atoms with van der Waals surface area (Å²) in [5.41, 5.74) is 0. The van der Waals surface area contributed by atoms with Gasteiger partial charge < -0.3 is 4.74 Å². The Morgan fingerprint density at radius 3 is 2.36 bits per heavy atom. The summed E-state index contributed by atoms with van der Waals surface area (Å²) in [6, 6.07) is 0. The summed E-state index contributed by atoms with van der Waals surface area (Å²) in [4.78, 5) is 0. The second-order valence-corrected chi connectivity index (χ2v) is 4.20. The van der Waals surface area contributed by atoms with E-state index in [9.17, 15) is 12.3 Å². The summed E-state index contributed by atoms with van der Waals surface area (Å²) in [5, 5.41) is 0. The molecule has 0 aromatic heterocycles. The third kappa shape index (κ3) is 9.84. The molecule has 0 bridgehead atoms. The van der Waals surface area contributed by atoms with E-state index in [1.165, 1.54) is 0 Å². The summed E-state index contributed by atoms with van der Waals surface area (Å²) in [5.74, 6) is -0.197. The number of rotatable bonds is 5. The van der Waals surface area contributed by atoms with Gasteiger partial charge in [-0.25, -0.2) is 0 Å². The number of hydrogen-bond acceptors (Lipinski definition) is 3. The van der Waals surface area contributed by atoms with E-state index >= 15 is 0 Å². The fourth-order valence-electron chi connectivity index (χ4n) is 0.477.